The van der Waals surface area contributed by atoms with Crippen LogP contribution < -0.4 is 5.32 Å². The Balaban J connectivity index is 1.82. The number of carbonyl (C=O) groups excluding carboxylic acids is 1. The van der Waals surface area contributed by atoms with E-state index in [9.17, 15) is 20.0 Å². The lowest BCUT2D eigenvalue weighted by Gasteiger charge is -2.05. The molecule has 0 atom stereocenters. The van der Waals surface area contributed by atoms with E-state index in [0.29, 0.717) is 5.56 Å². The number of nitro benzene ring substituents is 1. The van der Waals surface area contributed by atoms with Crippen LogP contribution in [0.4, 0.5) is 10.5 Å². The summed E-state index contributed by atoms with van der Waals surface area (Å²) in [4.78, 5) is 21.9. The van der Waals surface area contributed by atoms with E-state index >= 15 is 0 Å². The molecule has 0 saturated heterocycles. The lowest BCUT2D eigenvalue weighted by molar-refractivity contribution is -0.385. The summed E-state index contributed by atoms with van der Waals surface area (Å²) in [7, 11) is 0. The minimum Gasteiger partial charge on any atom is -0.508 e. The zero-order valence-electron chi connectivity index (χ0n) is 12.7. The van der Waals surface area contributed by atoms with Gasteiger partial charge in [-0.15, -0.1) is 0 Å². The van der Waals surface area contributed by atoms with E-state index in [2.05, 4.69) is 5.32 Å². The molecule has 2 aromatic rings. The molecule has 0 radical (unpaired) electrons. The first-order chi connectivity index (χ1) is 11.6. The summed E-state index contributed by atoms with van der Waals surface area (Å²) >= 11 is 0. The largest absolute Gasteiger partial charge is 0.508 e. The molecule has 2 aromatic carbocycles. The number of alkyl carbamates (subject to hydrolysis) is 1. The van der Waals surface area contributed by atoms with E-state index in [4.69, 9.17) is 4.74 Å². The van der Waals surface area contributed by atoms with Crippen LogP contribution >= 0.6 is 0 Å². The third kappa shape index (κ3) is 5.13. The second-order valence-electron chi connectivity index (χ2n) is 4.85. The Kier molecular flexibility index (Phi) is 5.90. The molecule has 0 aliphatic rings. The van der Waals surface area contributed by atoms with Crippen molar-refractivity contribution in [2.75, 3.05) is 6.54 Å². The van der Waals surface area contributed by atoms with Crippen LogP contribution in [0.2, 0.25) is 0 Å². The zero-order valence-corrected chi connectivity index (χ0v) is 12.7. The summed E-state index contributed by atoms with van der Waals surface area (Å²) in [6.07, 6.45) is 2.47. The van der Waals surface area contributed by atoms with Gasteiger partial charge in [0, 0.05) is 6.54 Å². The molecule has 0 aliphatic carbocycles. The van der Waals surface area contributed by atoms with Gasteiger partial charge in [0.15, 0.2) is 0 Å². The van der Waals surface area contributed by atoms with Crippen LogP contribution in [0.15, 0.2) is 54.6 Å². The number of phenols is 1. The van der Waals surface area contributed by atoms with Crippen LogP contribution in [0.3, 0.4) is 0 Å². The highest BCUT2D eigenvalue weighted by Crippen LogP contribution is 2.24. The van der Waals surface area contributed by atoms with Gasteiger partial charge >= 0.3 is 6.09 Å². The third-order valence-electron chi connectivity index (χ3n) is 3.09. The second kappa shape index (κ2) is 8.33. The van der Waals surface area contributed by atoms with Crippen molar-refractivity contribution in [3.63, 3.8) is 0 Å². The van der Waals surface area contributed by atoms with Crippen molar-refractivity contribution in [1.82, 2.24) is 5.32 Å². The minimum absolute atomic E-state index is 0.158. The summed E-state index contributed by atoms with van der Waals surface area (Å²) in [6.45, 7) is 0.325. The van der Waals surface area contributed by atoms with Crippen molar-refractivity contribution in [2.45, 2.75) is 6.61 Å². The van der Waals surface area contributed by atoms with Crippen LogP contribution in [0, 0.1) is 10.1 Å². The van der Waals surface area contributed by atoms with E-state index in [1.165, 1.54) is 18.2 Å². The van der Waals surface area contributed by atoms with Gasteiger partial charge in [-0.1, -0.05) is 42.5 Å². The molecule has 0 heterocycles. The molecule has 124 valence electrons. The molecule has 2 N–H and O–H groups in total. The number of ether oxygens (including phenoxy) is 1. The fourth-order valence-corrected chi connectivity index (χ4v) is 1.93. The maximum atomic E-state index is 11.5. The van der Waals surface area contributed by atoms with E-state index in [0.717, 1.165) is 11.6 Å². The van der Waals surface area contributed by atoms with Gasteiger partial charge in [0.1, 0.15) is 12.4 Å². The summed E-state index contributed by atoms with van der Waals surface area (Å²) in [5.74, 6) is -0.179. The van der Waals surface area contributed by atoms with Crippen LogP contribution in [-0.2, 0) is 11.3 Å². The molecule has 7 nitrogen and oxygen atoms in total. The Morgan fingerprint density at radius 2 is 2.00 bits per heavy atom. The molecular weight excluding hydrogens is 312 g/mol. The number of hydrogen-bond acceptors (Lipinski definition) is 5. The van der Waals surface area contributed by atoms with E-state index in [1.807, 2.05) is 30.3 Å². The monoisotopic (exact) mass is 328 g/mol. The Bertz CT molecular complexity index is 744. The molecule has 0 spiro atoms. The summed E-state index contributed by atoms with van der Waals surface area (Å²) in [6, 6.07) is 13.1. The van der Waals surface area contributed by atoms with Gasteiger partial charge in [0.05, 0.1) is 16.6 Å². The number of carbonyl (C=O) groups is 1. The highest BCUT2D eigenvalue weighted by molar-refractivity contribution is 5.68. The standard InChI is InChI=1S/C17H16N2O5/c20-15-9-8-14(16(11-15)19(22)23)7-4-10-18-17(21)24-12-13-5-2-1-3-6-13/h1-9,11,20H,10,12H2,(H,18,21). The molecule has 0 unspecified atom stereocenters. The third-order valence-corrected chi connectivity index (χ3v) is 3.09. The van der Waals surface area contributed by atoms with Crippen molar-refractivity contribution in [3.8, 4) is 5.75 Å². The van der Waals surface area contributed by atoms with Gasteiger partial charge in [-0.05, 0) is 17.7 Å². The maximum Gasteiger partial charge on any atom is 0.407 e. The predicted octanol–water partition coefficient (Wildman–Crippen LogP) is 3.24. The molecule has 0 aliphatic heterocycles. The van der Waals surface area contributed by atoms with Crippen molar-refractivity contribution in [2.24, 2.45) is 0 Å². The SMILES string of the molecule is O=C(NCC=Cc1ccc(O)cc1[N+](=O)[O-])OCc1ccccc1. The molecule has 0 bridgehead atoms. The van der Waals surface area contributed by atoms with Gasteiger partial charge < -0.3 is 15.2 Å². The quantitative estimate of drug-likeness (QED) is 0.626. The average Bonchev–Trinajstić information content (AvgIpc) is 2.58. The van der Waals surface area contributed by atoms with Crippen molar-refractivity contribution in [1.29, 1.82) is 0 Å². The molecular formula is C17H16N2O5. The maximum absolute atomic E-state index is 11.5. The number of benzene rings is 2. The molecule has 0 aromatic heterocycles. The summed E-state index contributed by atoms with van der Waals surface area (Å²) in [5, 5.41) is 22.7. The molecule has 24 heavy (non-hydrogen) atoms. The number of phenolic OH excluding ortho intramolecular Hbond substituents is 1. The first-order valence-electron chi connectivity index (χ1n) is 7.15. The normalized spacial score (nSPS) is 10.5. The predicted molar refractivity (Wildman–Crippen MR) is 88.4 cm³/mol. The number of nitrogens with zero attached hydrogens (tertiary/aromatic N) is 1. The lowest BCUT2D eigenvalue weighted by Crippen LogP contribution is -2.24. The second-order valence-corrected chi connectivity index (χ2v) is 4.85. The first kappa shape index (κ1) is 17.0. The number of rotatable bonds is 6. The lowest BCUT2D eigenvalue weighted by atomic mass is 10.1. The van der Waals surface area contributed by atoms with E-state index < -0.39 is 11.0 Å². The van der Waals surface area contributed by atoms with Crippen LogP contribution in [0.25, 0.3) is 6.08 Å². The fraction of sp³-hybridized carbons (Fsp3) is 0.118. The van der Waals surface area contributed by atoms with E-state index in [1.54, 1.807) is 6.08 Å². The zero-order chi connectivity index (χ0) is 17.4. The van der Waals surface area contributed by atoms with Crippen LogP contribution in [0.1, 0.15) is 11.1 Å². The Morgan fingerprint density at radius 3 is 2.71 bits per heavy atom. The van der Waals surface area contributed by atoms with Gasteiger partial charge in [0.2, 0.25) is 0 Å². The Hall–Kier alpha value is -3.35. The van der Waals surface area contributed by atoms with Gasteiger partial charge in [0.25, 0.3) is 5.69 Å². The molecule has 0 fully saturated rings. The topological polar surface area (TPSA) is 102 Å². The van der Waals surface area contributed by atoms with Gasteiger partial charge in [-0.2, -0.15) is 0 Å². The molecule has 2 rings (SSSR count). The number of aromatic hydroxyl groups is 1. The van der Waals surface area contributed by atoms with Crippen LogP contribution in [0.5, 0.6) is 5.75 Å². The summed E-state index contributed by atoms with van der Waals surface area (Å²) in [5.41, 5.74) is 0.998. The van der Waals surface area contributed by atoms with Crippen LogP contribution in [-0.4, -0.2) is 22.7 Å². The Morgan fingerprint density at radius 1 is 1.25 bits per heavy atom. The van der Waals surface area contributed by atoms with E-state index in [-0.39, 0.29) is 24.6 Å². The van der Waals surface area contributed by atoms with Gasteiger partial charge in [-0.25, -0.2) is 4.79 Å². The molecule has 7 heteroatoms. The van der Waals surface area contributed by atoms with Crippen molar-refractivity contribution in [3.05, 3.63) is 75.8 Å². The smallest absolute Gasteiger partial charge is 0.407 e. The number of amides is 1. The number of hydrogen-bond donors (Lipinski definition) is 2. The van der Waals surface area contributed by atoms with Crippen molar-refractivity contribution >= 4 is 17.9 Å². The van der Waals surface area contributed by atoms with Crippen molar-refractivity contribution < 1.29 is 19.6 Å². The number of nitro groups is 1. The molecule has 0 saturated carbocycles. The fourth-order valence-electron chi connectivity index (χ4n) is 1.93. The Labute approximate surface area is 138 Å². The first-order valence-corrected chi connectivity index (χ1v) is 7.15. The summed E-state index contributed by atoms with van der Waals surface area (Å²) < 4.78 is 5.03. The average molecular weight is 328 g/mol. The number of nitrogens with one attached hydrogen (secondary N) is 1. The highest BCUT2D eigenvalue weighted by Gasteiger charge is 2.12. The minimum atomic E-state index is -0.582. The molecule has 1 amide bonds. The highest BCUT2D eigenvalue weighted by atomic mass is 16.6. The van der Waals surface area contributed by atoms with Gasteiger partial charge in [-0.3, -0.25) is 10.1 Å².